The standard InChI is InChI=1S/C32H32N4O10S/c1-42-26-13-15-29(43-2)28(17-26)35(47(40,41)27-14-16-30(44-3)31(18-27)45-4)20-32(37)34-33-19-22-7-11-25(12-8-22)46-21-23-5-9-24(10-6-23)36(38)39/h5-19H,20-21H2,1-4H3,(H,34,37)/b33-19-. The number of carbonyl (C=O) groups is 1. The highest BCUT2D eigenvalue weighted by molar-refractivity contribution is 7.92. The summed E-state index contributed by atoms with van der Waals surface area (Å²) in [5, 5.41) is 14.8. The molecule has 0 spiro atoms. The highest BCUT2D eigenvalue weighted by atomic mass is 32.2. The Morgan fingerprint density at radius 3 is 2.09 bits per heavy atom. The summed E-state index contributed by atoms with van der Waals surface area (Å²) in [6, 6.07) is 21.5. The average Bonchev–Trinajstić information content (AvgIpc) is 3.09. The van der Waals surface area contributed by atoms with Gasteiger partial charge in [0.2, 0.25) is 0 Å². The van der Waals surface area contributed by atoms with Crippen molar-refractivity contribution in [3.05, 3.63) is 106 Å². The molecule has 0 saturated heterocycles. The minimum Gasteiger partial charge on any atom is -0.497 e. The number of methoxy groups -OCH3 is 4. The second kappa shape index (κ2) is 15.4. The molecular weight excluding hydrogens is 632 g/mol. The number of benzene rings is 4. The quantitative estimate of drug-likeness (QED) is 0.108. The fourth-order valence-electron chi connectivity index (χ4n) is 4.27. The SMILES string of the molecule is COc1ccc(OC)c(N(CC(=O)N/N=C\c2ccc(OCc3ccc([N+](=O)[O-])cc3)cc2)S(=O)(=O)c2ccc(OC)c(OC)c2)c1. The lowest BCUT2D eigenvalue weighted by atomic mass is 10.2. The molecule has 0 aliphatic rings. The molecule has 4 aromatic rings. The van der Waals surface area contributed by atoms with Gasteiger partial charge in [-0.25, -0.2) is 13.8 Å². The zero-order valence-corrected chi connectivity index (χ0v) is 26.7. The molecule has 0 unspecified atom stereocenters. The van der Waals surface area contributed by atoms with Crippen LogP contribution in [0.2, 0.25) is 0 Å². The summed E-state index contributed by atoms with van der Waals surface area (Å²) in [6.45, 7) is -0.449. The Bertz CT molecular complexity index is 1850. The van der Waals surface area contributed by atoms with E-state index in [-0.39, 0.29) is 34.4 Å². The normalized spacial score (nSPS) is 11.1. The summed E-state index contributed by atoms with van der Waals surface area (Å²) in [5.41, 5.74) is 3.81. The van der Waals surface area contributed by atoms with Crippen LogP contribution in [-0.4, -0.2) is 60.4 Å². The number of anilines is 1. The van der Waals surface area contributed by atoms with Crippen molar-refractivity contribution in [3.8, 4) is 28.7 Å². The summed E-state index contributed by atoms with van der Waals surface area (Å²) in [7, 11) is 1.24. The molecule has 15 heteroatoms. The highest BCUT2D eigenvalue weighted by Gasteiger charge is 2.31. The third-order valence-electron chi connectivity index (χ3n) is 6.72. The van der Waals surface area contributed by atoms with Crippen LogP contribution in [0.4, 0.5) is 11.4 Å². The van der Waals surface area contributed by atoms with Crippen LogP contribution in [0.3, 0.4) is 0 Å². The van der Waals surface area contributed by atoms with E-state index in [4.69, 9.17) is 23.7 Å². The first kappa shape index (κ1) is 34.1. The van der Waals surface area contributed by atoms with E-state index < -0.39 is 27.4 Å². The molecule has 47 heavy (non-hydrogen) atoms. The van der Waals surface area contributed by atoms with E-state index in [1.807, 2.05) is 0 Å². The molecule has 0 aliphatic carbocycles. The van der Waals surface area contributed by atoms with Crippen molar-refractivity contribution in [1.29, 1.82) is 0 Å². The van der Waals surface area contributed by atoms with Crippen LogP contribution < -0.4 is 33.4 Å². The Morgan fingerprint density at radius 2 is 1.47 bits per heavy atom. The van der Waals surface area contributed by atoms with E-state index in [0.29, 0.717) is 22.8 Å². The minimum atomic E-state index is -4.37. The second-order valence-electron chi connectivity index (χ2n) is 9.64. The first-order chi connectivity index (χ1) is 22.6. The number of ether oxygens (including phenoxy) is 5. The molecule has 4 rings (SSSR count). The second-order valence-corrected chi connectivity index (χ2v) is 11.5. The maximum Gasteiger partial charge on any atom is 0.269 e. The number of hydrogen-bond donors (Lipinski definition) is 1. The van der Waals surface area contributed by atoms with Crippen molar-refractivity contribution in [2.45, 2.75) is 11.5 Å². The van der Waals surface area contributed by atoms with Gasteiger partial charge in [0.05, 0.1) is 50.2 Å². The molecule has 1 N–H and O–H groups in total. The molecule has 0 aromatic heterocycles. The topological polar surface area (TPSA) is 168 Å². The summed E-state index contributed by atoms with van der Waals surface area (Å²) in [5.74, 6) is 0.844. The van der Waals surface area contributed by atoms with Gasteiger partial charge in [-0.3, -0.25) is 19.2 Å². The van der Waals surface area contributed by atoms with Crippen LogP contribution in [0.1, 0.15) is 11.1 Å². The van der Waals surface area contributed by atoms with Gasteiger partial charge in [0, 0.05) is 24.3 Å². The zero-order valence-electron chi connectivity index (χ0n) is 25.9. The molecule has 0 bridgehead atoms. The van der Waals surface area contributed by atoms with E-state index in [1.165, 1.54) is 77.1 Å². The molecular formula is C32H32N4O10S. The third kappa shape index (κ3) is 8.46. The molecule has 4 aromatic carbocycles. The molecule has 0 radical (unpaired) electrons. The zero-order chi connectivity index (χ0) is 34.0. The van der Waals surface area contributed by atoms with E-state index in [0.717, 1.165) is 9.87 Å². The molecule has 246 valence electrons. The van der Waals surface area contributed by atoms with E-state index in [9.17, 15) is 23.3 Å². The van der Waals surface area contributed by atoms with Gasteiger partial charge in [0.25, 0.3) is 21.6 Å². The van der Waals surface area contributed by atoms with E-state index in [1.54, 1.807) is 42.5 Å². The van der Waals surface area contributed by atoms with Crippen molar-refractivity contribution >= 4 is 33.5 Å². The van der Waals surface area contributed by atoms with Crippen LogP contribution in [0.5, 0.6) is 28.7 Å². The highest BCUT2D eigenvalue weighted by Crippen LogP contribution is 2.37. The first-order valence-corrected chi connectivity index (χ1v) is 15.3. The number of nitro benzene ring substituents is 1. The molecule has 0 heterocycles. The Kier molecular flexibility index (Phi) is 11.2. The Labute approximate surface area is 271 Å². The number of rotatable bonds is 15. The number of nitro groups is 1. The smallest absolute Gasteiger partial charge is 0.269 e. The van der Waals surface area contributed by atoms with Crippen LogP contribution in [-0.2, 0) is 21.4 Å². The summed E-state index contributed by atoms with van der Waals surface area (Å²) >= 11 is 0. The third-order valence-corrected chi connectivity index (χ3v) is 8.48. The van der Waals surface area contributed by atoms with Gasteiger partial charge in [-0.1, -0.05) is 0 Å². The van der Waals surface area contributed by atoms with Crippen LogP contribution in [0, 0.1) is 10.1 Å². The van der Waals surface area contributed by atoms with Gasteiger partial charge in [0.1, 0.15) is 30.4 Å². The Morgan fingerprint density at radius 1 is 0.830 bits per heavy atom. The van der Waals surface area contributed by atoms with Crippen molar-refractivity contribution in [3.63, 3.8) is 0 Å². The lowest BCUT2D eigenvalue weighted by Gasteiger charge is -2.26. The summed E-state index contributed by atoms with van der Waals surface area (Å²) in [6.07, 6.45) is 1.39. The van der Waals surface area contributed by atoms with Crippen molar-refractivity contribution < 1.29 is 41.8 Å². The van der Waals surface area contributed by atoms with Gasteiger partial charge >= 0.3 is 0 Å². The van der Waals surface area contributed by atoms with Gasteiger partial charge in [-0.05, 0) is 71.8 Å². The molecule has 1 amide bonds. The maximum atomic E-state index is 14.0. The fraction of sp³-hybridized carbons (Fsp3) is 0.188. The van der Waals surface area contributed by atoms with Gasteiger partial charge in [-0.2, -0.15) is 5.10 Å². The summed E-state index contributed by atoms with van der Waals surface area (Å²) in [4.78, 5) is 23.3. The number of nitrogens with one attached hydrogen (secondary N) is 1. The lowest BCUT2D eigenvalue weighted by Crippen LogP contribution is -2.39. The average molecular weight is 665 g/mol. The molecule has 0 saturated carbocycles. The Hall–Kier alpha value is -5.83. The van der Waals surface area contributed by atoms with Crippen molar-refractivity contribution in [2.75, 3.05) is 39.3 Å². The van der Waals surface area contributed by atoms with Gasteiger partial charge in [0.15, 0.2) is 11.5 Å². The summed E-state index contributed by atoms with van der Waals surface area (Å²) < 4.78 is 55.8. The number of sulfonamides is 1. The monoisotopic (exact) mass is 664 g/mol. The van der Waals surface area contributed by atoms with Crippen LogP contribution >= 0.6 is 0 Å². The van der Waals surface area contributed by atoms with Crippen molar-refractivity contribution in [2.24, 2.45) is 5.10 Å². The Balaban J connectivity index is 1.49. The maximum absolute atomic E-state index is 14.0. The number of nitrogens with zero attached hydrogens (tertiary/aromatic N) is 3. The molecule has 0 aliphatic heterocycles. The van der Waals surface area contributed by atoms with Gasteiger partial charge < -0.3 is 23.7 Å². The molecule has 14 nitrogen and oxygen atoms in total. The van der Waals surface area contributed by atoms with Gasteiger partial charge in [-0.15, -0.1) is 0 Å². The first-order valence-electron chi connectivity index (χ1n) is 13.8. The molecule has 0 fully saturated rings. The fourth-order valence-corrected chi connectivity index (χ4v) is 5.71. The van der Waals surface area contributed by atoms with Crippen molar-refractivity contribution in [1.82, 2.24) is 5.43 Å². The number of hydrogen-bond acceptors (Lipinski definition) is 11. The van der Waals surface area contributed by atoms with Crippen LogP contribution in [0.25, 0.3) is 0 Å². The molecule has 0 atom stereocenters. The number of amides is 1. The number of hydrazone groups is 1. The van der Waals surface area contributed by atoms with E-state index in [2.05, 4.69) is 10.5 Å². The van der Waals surface area contributed by atoms with Crippen LogP contribution in [0.15, 0.2) is 94.9 Å². The lowest BCUT2D eigenvalue weighted by molar-refractivity contribution is -0.384. The minimum absolute atomic E-state index is 0.00302. The van der Waals surface area contributed by atoms with E-state index >= 15 is 0 Å². The predicted octanol–water partition coefficient (Wildman–Crippen LogP) is 4.55. The number of non-ortho nitro benzene ring substituents is 1. The number of carbonyl (C=O) groups excluding carboxylic acids is 1. The largest absolute Gasteiger partial charge is 0.497 e. The predicted molar refractivity (Wildman–Crippen MR) is 173 cm³/mol.